The quantitative estimate of drug-likeness (QED) is 0.758. The first kappa shape index (κ1) is 9.65. The van der Waals surface area contributed by atoms with E-state index in [0.29, 0.717) is 5.56 Å². The third kappa shape index (κ3) is 1.68. The van der Waals surface area contributed by atoms with E-state index in [-0.39, 0.29) is 5.56 Å². The number of aromatic hydroxyl groups is 1. The molecule has 2 rings (SSSR count). The predicted octanol–water partition coefficient (Wildman–Crippen LogP) is 3.34. The summed E-state index contributed by atoms with van der Waals surface area (Å²) in [4.78, 5) is 0. The minimum Gasteiger partial charge on any atom is -0.505 e. The van der Waals surface area contributed by atoms with Gasteiger partial charge < -0.3 is 5.11 Å². The Morgan fingerprint density at radius 2 is 1.53 bits per heavy atom. The average Bonchev–Trinajstić information content (AvgIpc) is 2.26. The second kappa shape index (κ2) is 3.69. The Balaban J connectivity index is 2.68. The summed E-state index contributed by atoms with van der Waals surface area (Å²) >= 11 is 0. The Kier molecular flexibility index (Phi) is 2.37. The summed E-state index contributed by atoms with van der Waals surface area (Å²) < 4.78 is 26.8. The topological polar surface area (TPSA) is 20.2 Å². The molecule has 3 heteroatoms. The fourth-order valence-corrected chi connectivity index (χ4v) is 1.41. The van der Waals surface area contributed by atoms with Crippen molar-refractivity contribution < 1.29 is 13.9 Å². The molecule has 0 aliphatic heterocycles. The highest BCUT2D eigenvalue weighted by Gasteiger charge is 2.14. The van der Waals surface area contributed by atoms with Crippen molar-refractivity contribution in [3.8, 4) is 16.9 Å². The molecular formula is C12H8F2O. The highest BCUT2D eigenvalue weighted by Crippen LogP contribution is 2.30. The summed E-state index contributed by atoms with van der Waals surface area (Å²) in [5, 5.41) is 9.14. The molecular weight excluding hydrogens is 198 g/mol. The molecule has 0 aromatic heterocycles. The fraction of sp³-hybridized carbons (Fsp3) is 0. The Hall–Kier alpha value is -1.90. The van der Waals surface area contributed by atoms with Crippen molar-refractivity contribution in [3.05, 3.63) is 54.1 Å². The largest absolute Gasteiger partial charge is 0.505 e. The summed E-state index contributed by atoms with van der Waals surface area (Å²) in [5.41, 5.74) is 0.207. The molecule has 0 saturated heterocycles. The van der Waals surface area contributed by atoms with Crippen molar-refractivity contribution in [3.63, 3.8) is 0 Å². The number of phenols is 1. The predicted molar refractivity (Wildman–Crippen MR) is 53.5 cm³/mol. The molecule has 0 unspecified atom stereocenters. The standard InChI is InChI=1S/C12H8F2O/c13-9-6-7-10(15)12(14)11(9)8-4-2-1-3-5-8/h1-7,15H. The van der Waals surface area contributed by atoms with E-state index in [2.05, 4.69) is 0 Å². The van der Waals surface area contributed by atoms with Crippen LogP contribution in [0.25, 0.3) is 11.1 Å². The molecule has 0 amide bonds. The first-order valence-corrected chi connectivity index (χ1v) is 4.42. The van der Waals surface area contributed by atoms with Gasteiger partial charge >= 0.3 is 0 Å². The Morgan fingerprint density at radius 3 is 2.20 bits per heavy atom. The molecule has 0 spiro atoms. The van der Waals surface area contributed by atoms with E-state index in [1.165, 1.54) is 0 Å². The molecule has 0 heterocycles. The van der Waals surface area contributed by atoms with E-state index in [9.17, 15) is 8.78 Å². The van der Waals surface area contributed by atoms with E-state index < -0.39 is 17.4 Å². The highest BCUT2D eigenvalue weighted by molar-refractivity contribution is 5.66. The summed E-state index contributed by atoms with van der Waals surface area (Å²) in [5.74, 6) is -2.16. The maximum Gasteiger partial charge on any atom is 0.175 e. The van der Waals surface area contributed by atoms with Crippen molar-refractivity contribution in [2.75, 3.05) is 0 Å². The first-order valence-electron chi connectivity index (χ1n) is 4.42. The lowest BCUT2D eigenvalue weighted by atomic mass is 10.0. The van der Waals surface area contributed by atoms with Crippen LogP contribution in [-0.4, -0.2) is 5.11 Å². The van der Waals surface area contributed by atoms with Gasteiger partial charge in [0.25, 0.3) is 0 Å². The molecule has 0 atom stereocenters. The Labute approximate surface area is 85.6 Å². The second-order valence-electron chi connectivity index (χ2n) is 3.12. The number of hydrogen-bond donors (Lipinski definition) is 1. The molecule has 0 aliphatic rings. The molecule has 0 radical (unpaired) electrons. The van der Waals surface area contributed by atoms with Crippen molar-refractivity contribution in [2.24, 2.45) is 0 Å². The van der Waals surface area contributed by atoms with Crippen LogP contribution in [0.15, 0.2) is 42.5 Å². The summed E-state index contributed by atoms with van der Waals surface area (Å²) in [6.07, 6.45) is 0. The molecule has 0 bridgehead atoms. The van der Waals surface area contributed by atoms with Gasteiger partial charge in [-0.3, -0.25) is 0 Å². The highest BCUT2D eigenvalue weighted by atomic mass is 19.1. The zero-order chi connectivity index (χ0) is 10.8. The molecule has 0 saturated carbocycles. The van der Waals surface area contributed by atoms with Crippen LogP contribution >= 0.6 is 0 Å². The van der Waals surface area contributed by atoms with Crippen molar-refractivity contribution in [1.29, 1.82) is 0 Å². The van der Waals surface area contributed by atoms with Gasteiger partial charge in [-0.05, 0) is 17.7 Å². The number of rotatable bonds is 1. The van der Waals surface area contributed by atoms with Gasteiger partial charge in [0, 0.05) is 0 Å². The molecule has 15 heavy (non-hydrogen) atoms. The summed E-state index contributed by atoms with van der Waals surface area (Å²) in [7, 11) is 0. The van der Waals surface area contributed by atoms with Crippen LogP contribution in [0.4, 0.5) is 8.78 Å². The van der Waals surface area contributed by atoms with Crippen LogP contribution in [0.2, 0.25) is 0 Å². The monoisotopic (exact) mass is 206 g/mol. The van der Waals surface area contributed by atoms with Crippen molar-refractivity contribution in [1.82, 2.24) is 0 Å². The van der Waals surface area contributed by atoms with E-state index in [0.717, 1.165) is 12.1 Å². The lowest BCUT2D eigenvalue weighted by molar-refractivity contribution is 0.429. The molecule has 0 fully saturated rings. The maximum atomic E-state index is 13.5. The minimum absolute atomic E-state index is 0.199. The SMILES string of the molecule is Oc1ccc(F)c(-c2ccccc2)c1F. The van der Waals surface area contributed by atoms with E-state index in [1.807, 2.05) is 0 Å². The smallest absolute Gasteiger partial charge is 0.175 e. The zero-order valence-electron chi connectivity index (χ0n) is 7.74. The summed E-state index contributed by atoms with van der Waals surface area (Å²) in [6.45, 7) is 0. The molecule has 76 valence electrons. The van der Waals surface area contributed by atoms with Crippen molar-refractivity contribution in [2.45, 2.75) is 0 Å². The molecule has 2 aromatic carbocycles. The van der Waals surface area contributed by atoms with E-state index in [4.69, 9.17) is 5.11 Å². The third-order valence-electron chi connectivity index (χ3n) is 2.13. The number of phenolic OH excluding ortho intramolecular Hbond substituents is 1. The van der Waals surface area contributed by atoms with Crippen LogP contribution in [0.5, 0.6) is 5.75 Å². The van der Waals surface area contributed by atoms with Crippen LogP contribution in [0.3, 0.4) is 0 Å². The second-order valence-corrected chi connectivity index (χ2v) is 3.12. The van der Waals surface area contributed by atoms with Gasteiger partial charge in [0.2, 0.25) is 0 Å². The van der Waals surface area contributed by atoms with Gasteiger partial charge in [-0.15, -0.1) is 0 Å². The van der Waals surface area contributed by atoms with E-state index >= 15 is 0 Å². The van der Waals surface area contributed by atoms with Crippen LogP contribution in [-0.2, 0) is 0 Å². The van der Waals surface area contributed by atoms with Gasteiger partial charge in [0.15, 0.2) is 11.6 Å². The number of halogens is 2. The third-order valence-corrected chi connectivity index (χ3v) is 2.13. The maximum absolute atomic E-state index is 13.5. The molecule has 0 aliphatic carbocycles. The van der Waals surface area contributed by atoms with Gasteiger partial charge in [-0.25, -0.2) is 8.78 Å². The van der Waals surface area contributed by atoms with Gasteiger partial charge in [0.05, 0.1) is 5.56 Å². The van der Waals surface area contributed by atoms with Gasteiger partial charge in [0.1, 0.15) is 5.82 Å². The zero-order valence-corrected chi connectivity index (χ0v) is 7.74. The minimum atomic E-state index is -0.929. The Morgan fingerprint density at radius 1 is 0.867 bits per heavy atom. The van der Waals surface area contributed by atoms with Crippen molar-refractivity contribution >= 4 is 0 Å². The molecule has 2 aromatic rings. The van der Waals surface area contributed by atoms with Crippen LogP contribution in [0, 0.1) is 11.6 Å². The van der Waals surface area contributed by atoms with E-state index in [1.54, 1.807) is 30.3 Å². The average molecular weight is 206 g/mol. The van der Waals surface area contributed by atoms with Gasteiger partial charge in [-0.2, -0.15) is 0 Å². The molecule has 1 N–H and O–H groups in total. The van der Waals surface area contributed by atoms with Gasteiger partial charge in [-0.1, -0.05) is 30.3 Å². The first-order chi connectivity index (χ1) is 7.20. The normalized spacial score (nSPS) is 10.3. The molecule has 1 nitrogen and oxygen atoms in total. The lowest BCUT2D eigenvalue weighted by Crippen LogP contribution is -1.90. The number of benzene rings is 2. The Bertz CT molecular complexity index is 480. The lowest BCUT2D eigenvalue weighted by Gasteiger charge is -2.05. The summed E-state index contributed by atoms with van der Waals surface area (Å²) in [6, 6.07) is 10.3. The number of hydrogen-bond acceptors (Lipinski definition) is 1. The van der Waals surface area contributed by atoms with Crippen LogP contribution < -0.4 is 0 Å². The fourth-order valence-electron chi connectivity index (χ4n) is 1.41. The van der Waals surface area contributed by atoms with Crippen LogP contribution in [0.1, 0.15) is 0 Å².